The summed E-state index contributed by atoms with van der Waals surface area (Å²) in [7, 11) is 0. The molecule has 20 heavy (non-hydrogen) atoms. The number of benzene rings is 1. The Bertz CT molecular complexity index is 458. The highest BCUT2D eigenvalue weighted by atomic mass is 19.1. The summed E-state index contributed by atoms with van der Waals surface area (Å²) in [6.07, 6.45) is 0. The fourth-order valence-corrected chi connectivity index (χ4v) is 2.72. The zero-order valence-electron chi connectivity index (χ0n) is 12.3. The van der Waals surface area contributed by atoms with Crippen molar-refractivity contribution in [3.05, 3.63) is 35.6 Å². The Balaban J connectivity index is 2.23. The first-order chi connectivity index (χ1) is 9.50. The molecule has 2 rings (SSSR count). The van der Waals surface area contributed by atoms with E-state index in [0.717, 1.165) is 5.56 Å². The third kappa shape index (κ3) is 3.18. The van der Waals surface area contributed by atoms with Crippen LogP contribution in [0.15, 0.2) is 24.3 Å². The molecular weight excluding hydrogens is 257 g/mol. The average molecular weight is 279 g/mol. The Morgan fingerprint density at radius 3 is 2.55 bits per heavy atom. The zero-order valence-corrected chi connectivity index (χ0v) is 12.3. The second-order valence-corrected chi connectivity index (χ2v) is 5.73. The molecule has 1 aliphatic rings. The van der Waals surface area contributed by atoms with Gasteiger partial charge in [-0.3, -0.25) is 4.79 Å². The minimum Gasteiger partial charge on any atom is -0.377 e. The van der Waals surface area contributed by atoms with Crippen LogP contribution in [0, 0.1) is 11.7 Å². The predicted octanol–water partition coefficient (Wildman–Crippen LogP) is 2.81. The zero-order chi connectivity index (χ0) is 14.7. The third-order valence-electron chi connectivity index (χ3n) is 3.81. The molecule has 1 aromatic rings. The van der Waals surface area contributed by atoms with Crippen molar-refractivity contribution in [1.29, 1.82) is 0 Å². The van der Waals surface area contributed by atoms with Crippen molar-refractivity contribution >= 4 is 5.91 Å². The van der Waals surface area contributed by atoms with Crippen LogP contribution in [0.2, 0.25) is 0 Å². The van der Waals surface area contributed by atoms with E-state index < -0.39 is 0 Å². The molecule has 1 saturated heterocycles. The van der Waals surface area contributed by atoms with Crippen LogP contribution < -0.4 is 0 Å². The molecule has 0 saturated carbocycles. The van der Waals surface area contributed by atoms with E-state index in [2.05, 4.69) is 0 Å². The Kier molecular flexibility index (Phi) is 4.76. The van der Waals surface area contributed by atoms with Gasteiger partial charge in [0.25, 0.3) is 0 Å². The van der Waals surface area contributed by atoms with Crippen LogP contribution in [0.3, 0.4) is 0 Å². The smallest absolute Gasteiger partial charge is 0.230 e. The van der Waals surface area contributed by atoms with Gasteiger partial charge in [0.1, 0.15) is 5.82 Å². The molecule has 4 heteroatoms. The first-order valence-corrected chi connectivity index (χ1v) is 7.14. The molecule has 2 atom stereocenters. The lowest BCUT2D eigenvalue weighted by Crippen LogP contribution is -2.49. The molecule has 1 aliphatic heterocycles. The van der Waals surface area contributed by atoms with Crippen LogP contribution in [0.25, 0.3) is 0 Å². The first kappa shape index (κ1) is 15.0. The molecule has 1 aromatic carbocycles. The Labute approximate surface area is 119 Å². The summed E-state index contributed by atoms with van der Waals surface area (Å²) >= 11 is 0. The number of morpholine rings is 1. The van der Waals surface area contributed by atoms with Crippen molar-refractivity contribution in [2.75, 3.05) is 19.8 Å². The summed E-state index contributed by atoms with van der Waals surface area (Å²) in [6, 6.07) is 6.35. The van der Waals surface area contributed by atoms with Gasteiger partial charge in [0, 0.05) is 6.54 Å². The molecule has 3 nitrogen and oxygen atoms in total. The van der Waals surface area contributed by atoms with E-state index >= 15 is 0 Å². The number of ether oxygens (including phenoxy) is 1. The molecule has 1 fully saturated rings. The van der Waals surface area contributed by atoms with Gasteiger partial charge >= 0.3 is 0 Å². The van der Waals surface area contributed by atoms with Crippen LogP contribution in [-0.2, 0) is 9.53 Å². The molecule has 0 aromatic heterocycles. The van der Waals surface area contributed by atoms with E-state index in [1.165, 1.54) is 12.1 Å². The highest BCUT2D eigenvalue weighted by molar-refractivity contribution is 5.84. The molecular formula is C16H22FNO2. The number of hydrogen-bond donors (Lipinski definition) is 0. The van der Waals surface area contributed by atoms with Crippen LogP contribution in [0.4, 0.5) is 4.39 Å². The quantitative estimate of drug-likeness (QED) is 0.851. The fraction of sp³-hybridized carbons (Fsp3) is 0.562. The van der Waals surface area contributed by atoms with Crippen LogP contribution in [0.1, 0.15) is 32.3 Å². The van der Waals surface area contributed by atoms with Crippen molar-refractivity contribution in [2.45, 2.75) is 32.7 Å². The van der Waals surface area contributed by atoms with Gasteiger partial charge in [0.05, 0.1) is 25.2 Å². The molecule has 2 unspecified atom stereocenters. The molecule has 0 spiro atoms. The summed E-state index contributed by atoms with van der Waals surface area (Å²) in [5, 5.41) is 0. The van der Waals surface area contributed by atoms with E-state index in [1.54, 1.807) is 12.1 Å². The van der Waals surface area contributed by atoms with E-state index in [9.17, 15) is 9.18 Å². The number of hydrogen-bond acceptors (Lipinski definition) is 2. The molecule has 1 amide bonds. The van der Waals surface area contributed by atoms with Crippen LogP contribution in [0.5, 0.6) is 0 Å². The third-order valence-corrected chi connectivity index (χ3v) is 3.81. The monoisotopic (exact) mass is 279 g/mol. The topological polar surface area (TPSA) is 29.5 Å². The van der Waals surface area contributed by atoms with E-state index in [1.807, 2.05) is 25.7 Å². The maximum atomic E-state index is 13.1. The van der Waals surface area contributed by atoms with Crippen molar-refractivity contribution in [1.82, 2.24) is 4.90 Å². The van der Waals surface area contributed by atoms with Crippen molar-refractivity contribution in [3.8, 4) is 0 Å². The minimum absolute atomic E-state index is 0.0953. The van der Waals surface area contributed by atoms with Gasteiger partial charge < -0.3 is 9.64 Å². The highest BCUT2D eigenvalue weighted by Gasteiger charge is 2.32. The highest BCUT2D eigenvalue weighted by Crippen LogP contribution is 2.28. The SMILES string of the molecule is CC(C)C(C(=O)N1CCOCC1C)c1ccc(F)cc1. The van der Waals surface area contributed by atoms with E-state index in [-0.39, 0.29) is 29.6 Å². The van der Waals surface area contributed by atoms with E-state index in [0.29, 0.717) is 19.8 Å². The van der Waals surface area contributed by atoms with Crippen molar-refractivity contribution in [3.63, 3.8) is 0 Å². The number of amides is 1. The van der Waals surface area contributed by atoms with E-state index in [4.69, 9.17) is 4.74 Å². The largest absolute Gasteiger partial charge is 0.377 e. The Hall–Kier alpha value is -1.42. The summed E-state index contributed by atoms with van der Waals surface area (Å²) in [5.41, 5.74) is 0.880. The maximum absolute atomic E-state index is 13.1. The Morgan fingerprint density at radius 1 is 1.35 bits per heavy atom. The predicted molar refractivity (Wildman–Crippen MR) is 76.0 cm³/mol. The molecule has 0 radical (unpaired) electrons. The van der Waals surface area contributed by atoms with Gasteiger partial charge in [-0.25, -0.2) is 4.39 Å². The van der Waals surface area contributed by atoms with Gasteiger partial charge in [-0.15, -0.1) is 0 Å². The molecule has 110 valence electrons. The lowest BCUT2D eigenvalue weighted by atomic mass is 9.86. The van der Waals surface area contributed by atoms with Crippen LogP contribution in [-0.4, -0.2) is 36.6 Å². The fourth-order valence-electron chi connectivity index (χ4n) is 2.72. The molecule has 0 N–H and O–H groups in total. The van der Waals surface area contributed by atoms with Gasteiger partial charge in [0.2, 0.25) is 5.91 Å². The number of carbonyl (C=O) groups is 1. The van der Waals surface area contributed by atoms with Crippen molar-refractivity contribution in [2.24, 2.45) is 5.92 Å². The summed E-state index contributed by atoms with van der Waals surface area (Å²) < 4.78 is 18.4. The van der Waals surface area contributed by atoms with Crippen LogP contribution >= 0.6 is 0 Å². The average Bonchev–Trinajstić information content (AvgIpc) is 2.41. The number of halogens is 1. The summed E-state index contributed by atoms with van der Waals surface area (Å²) in [4.78, 5) is 14.7. The maximum Gasteiger partial charge on any atom is 0.230 e. The lowest BCUT2D eigenvalue weighted by Gasteiger charge is -2.37. The molecule has 1 heterocycles. The first-order valence-electron chi connectivity index (χ1n) is 7.14. The number of nitrogens with zero attached hydrogens (tertiary/aromatic N) is 1. The molecule has 0 bridgehead atoms. The normalized spacial score (nSPS) is 21.1. The second kappa shape index (κ2) is 6.35. The van der Waals surface area contributed by atoms with Crippen molar-refractivity contribution < 1.29 is 13.9 Å². The second-order valence-electron chi connectivity index (χ2n) is 5.73. The van der Waals surface area contributed by atoms with Gasteiger partial charge in [0.15, 0.2) is 0 Å². The van der Waals surface area contributed by atoms with Gasteiger partial charge in [-0.1, -0.05) is 26.0 Å². The summed E-state index contributed by atoms with van der Waals surface area (Å²) in [6.45, 7) is 7.85. The number of rotatable bonds is 3. The van der Waals surface area contributed by atoms with Gasteiger partial charge in [-0.2, -0.15) is 0 Å². The Morgan fingerprint density at radius 2 is 2.00 bits per heavy atom. The molecule has 0 aliphatic carbocycles. The van der Waals surface area contributed by atoms with Gasteiger partial charge in [-0.05, 0) is 30.5 Å². The number of carbonyl (C=O) groups excluding carboxylic acids is 1. The standard InChI is InChI=1S/C16H22FNO2/c1-11(2)15(13-4-6-14(17)7-5-13)16(19)18-8-9-20-10-12(18)3/h4-7,11-12,15H,8-10H2,1-3H3. The minimum atomic E-state index is -0.275. The lowest BCUT2D eigenvalue weighted by molar-refractivity contribution is -0.141. The summed E-state index contributed by atoms with van der Waals surface area (Å²) in [5.74, 6) is -0.218.